The number of hydrogen-bond donors (Lipinski definition) is 4. The van der Waals surface area contributed by atoms with Crippen molar-refractivity contribution in [3.05, 3.63) is 287 Å². The Bertz CT molecular complexity index is 3290. The van der Waals surface area contributed by atoms with Gasteiger partial charge in [-0.05, 0) is 87.8 Å². The van der Waals surface area contributed by atoms with Crippen molar-refractivity contribution in [3.63, 3.8) is 0 Å². The van der Waals surface area contributed by atoms with Crippen LogP contribution in [0.15, 0.2) is 170 Å². The van der Waals surface area contributed by atoms with Gasteiger partial charge in [0.2, 0.25) is 0 Å². The van der Waals surface area contributed by atoms with Crippen LogP contribution in [-0.2, 0) is 131 Å². The predicted octanol–water partition coefficient (Wildman–Crippen LogP) is 23.3. The van der Waals surface area contributed by atoms with Crippen LogP contribution >= 0.6 is 0 Å². The summed E-state index contributed by atoms with van der Waals surface area (Å²) in [6, 6.07) is 56.7. The van der Waals surface area contributed by atoms with Crippen LogP contribution in [0, 0.1) is 27.7 Å². The maximum absolute atomic E-state index is 11.4. The fraction of sp³-hybridized carbons (Fsp3) is 0.447. The van der Waals surface area contributed by atoms with Gasteiger partial charge in [0.1, 0.15) is 23.0 Å². The van der Waals surface area contributed by atoms with Crippen LogP contribution < -0.4 is 0 Å². The Morgan fingerprint density at radius 3 is 0.558 bits per heavy atom. The van der Waals surface area contributed by atoms with Crippen LogP contribution in [0.3, 0.4) is 0 Å². The second-order valence-electron chi connectivity index (χ2n) is 35.5. The van der Waals surface area contributed by atoms with Crippen molar-refractivity contribution >= 4 is 0 Å². The normalized spacial score (nSPS) is 11.9. The Kier molecular flexibility index (Phi) is 38.8. The van der Waals surface area contributed by atoms with Gasteiger partial charge < -0.3 is 29.9 Å². The van der Waals surface area contributed by atoms with E-state index in [4.69, 9.17) is 9.47 Å². The molecule has 0 aliphatic carbocycles. The van der Waals surface area contributed by atoms with Gasteiger partial charge in [0.05, 0.1) is 13.2 Å². The van der Waals surface area contributed by atoms with E-state index in [1.54, 1.807) is 14.2 Å². The third-order valence-corrected chi connectivity index (χ3v) is 17.6. The minimum Gasteiger partial charge on any atom is -0.507 e. The van der Waals surface area contributed by atoms with Crippen LogP contribution in [0.1, 0.15) is 255 Å². The molecular weight excluding hydrogens is 1520 g/mol. The minimum atomic E-state index is -0.182. The van der Waals surface area contributed by atoms with E-state index in [1.807, 2.05) is 121 Å². The minimum absolute atomic E-state index is 0. The van der Waals surface area contributed by atoms with Crippen molar-refractivity contribution in [2.45, 2.75) is 236 Å². The molecule has 0 aliphatic rings. The Labute approximate surface area is 672 Å². The SMILES string of the molecule is COCCN(Cc1cc(C(C)(C)C)cc(C(C)(C)C)c1O)Cc1cc(C(C)(C)C)cc(C(C)(C)C)c1O.COCCN(Cc1cc(C(C)(C)C)cc(C(C)(C)C)c1O)Cc1cc(C(C)(C)C)cc(C(C)(C)C)c1O.[CH2-]c1ccccc1.[CH2-]c1ccccc1.[CH2-]c1ccccc1.[CH2-]c1ccccc1.[Hf].[Zr+3]. The molecule has 0 saturated heterocycles. The fourth-order valence-corrected chi connectivity index (χ4v) is 11.0. The Hall–Kier alpha value is -5.97. The van der Waals surface area contributed by atoms with E-state index in [2.05, 4.69) is 252 Å². The van der Waals surface area contributed by atoms with Gasteiger partial charge in [0.15, 0.2) is 0 Å². The molecule has 0 spiro atoms. The van der Waals surface area contributed by atoms with Gasteiger partial charge in [0, 0.05) is 102 Å². The van der Waals surface area contributed by atoms with Crippen molar-refractivity contribution in [1.82, 2.24) is 9.80 Å². The number of methoxy groups -OCH3 is 2. The molecule has 0 heterocycles. The van der Waals surface area contributed by atoms with E-state index in [-0.39, 0.29) is 95.4 Å². The number of phenolic OH excluding ortho intramolecular Hbond substituents is 4. The van der Waals surface area contributed by atoms with Crippen LogP contribution in [0.5, 0.6) is 23.0 Å². The monoisotopic (exact) mass is 1660 g/mol. The van der Waals surface area contributed by atoms with E-state index in [9.17, 15) is 20.4 Å². The average molecular weight is 1660 g/mol. The van der Waals surface area contributed by atoms with Crippen molar-refractivity contribution in [1.29, 1.82) is 0 Å². The summed E-state index contributed by atoms with van der Waals surface area (Å²) in [6.07, 6.45) is 0. The summed E-state index contributed by atoms with van der Waals surface area (Å²) >= 11 is 0. The molecule has 565 valence electrons. The molecule has 104 heavy (non-hydrogen) atoms. The molecule has 8 nitrogen and oxygen atoms in total. The van der Waals surface area contributed by atoms with Gasteiger partial charge in [-0.15, -0.1) is 48.5 Å². The molecule has 10 heteroatoms. The molecule has 0 unspecified atom stereocenters. The molecule has 0 atom stereocenters. The van der Waals surface area contributed by atoms with Crippen LogP contribution in [0.2, 0.25) is 0 Å². The average Bonchev–Trinajstić information content (AvgIpc) is 0.800. The molecule has 0 saturated carbocycles. The largest absolute Gasteiger partial charge is 3.00 e. The van der Waals surface area contributed by atoms with Gasteiger partial charge in [-0.1, -0.05) is 239 Å². The Morgan fingerprint density at radius 1 is 0.279 bits per heavy atom. The van der Waals surface area contributed by atoms with E-state index >= 15 is 0 Å². The third kappa shape index (κ3) is 33.0. The summed E-state index contributed by atoms with van der Waals surface area (Å²) in [5.74, 6) is 1.47. The standard InChI is InChI=1S/2C33H53NO3.4C7H7.Hf.Zr/c2*1-30(2,3)24-16-22(28(35)26(18-24)32(7,8)9)20-34(14-15-37-13)21-23-17-25(31(4,5)6)19-27(29(23)36)33(10,11)12;4*1-7-5-3-2-4-6-7;;/h2*16-19,35-36H,14-15,20-21H2,1-13H3;4*2-6H,1H2;;/q;;4*-1;;+3. The molecule has 4 N–H and O–H groups in total. The zero-order chi connectivity index (χ0) is 77.6. The van der Waals surface area contributed by atoms with E-state index in [0.717, 1.165) is 66.8 Å². The second kappa shape index (κ2) is 42.0. The van der Waals surface area contributed by atoms with Gasteiger partial charge in [-0.3, -0.25) is 9.80 Å². The first-order valence-corrected chi connectivity index (χ1v) is 36.3. The van der Waals surface area contributed by atoms with Crippen molar-refractivity contribution in [2.24, 2.45) is 0 Å². The Morgan fingerprint density at radius 2 is 0.442 bits per heavy atom. The molecule has 0 fully saturated rings. The molecular formula is C94H134HfN2O6Zr-. The fourth-order valence-electron chi connectivity index (χ4n) is 11.0. The number of nitrogens with zero attached hydrogens (tertiary/aromatic N) is 2. The summed E-state index contributed by atoms with van der Waals surface area (Å²) in [4.78, 5) is 4.54. The van der Waals surface area contributed by atoms with Crippen LogP contribution in [0.25, 0.3) is 0 Å². The van der Waals surface area contributed by atoms with Crippen molar-refractivity contribution in [2.75, 3.05) is 40.5 Å². The van der Waals surface area contributed by atoms with Gasteiger partial charge >= 0.3 is 26.2 Å². The maximum Gasteiger partial charge on any atom is 3.00 e. The third-order valence-electron chi connectivity index (χ3n) is 17.6. The quantitative estimate of drug-likeness (QED) is 0.0630. The molecule has 8 aromatic rings. The van der Waals surface area contributed by atoms with E-state index < -0.39 is 0 Å². The summed E-state index contributed by atoms with van der Waals surface area (Å²) < 4.78 is 10.9. The number of aromatic hydroxyl groups is 4. The summed E-state index contributed by atoms with van der Waals surface area (Å²) in [7, 11) is 3.42. The predicted molar refractivity (Wildman–Crippen MR) is 438 cm³/mol. The molecule has 0 aliphatic heterocycles. The van der Waals surface area contributed by atoms with Crippen molar-refractivity contribution < 1.29 is 81.9 Å². The van der Waals surface area contributed by atoms with E-state index in [0.29, 0.717) is 75.5 Å². The molecule has 0 amide bonds. The van der Waals surface area contributed by atoms with E-state index in [1.165, 1.54) is 22.3 Å². The second-order valence-corrected chi connectivity index (χ2v) is 35.5. The number of rotatable bonds is 14. The molecule has 0 bridgehead atoms. The number of ether oxygens (including phenoxy) is 2. The number of hydrogen-bond acceptors (Lipinski definition) is 8. The first-order chi connectivity index (χ1) is 46.9. The topological polar surface area (TPSA) is 106 Å². The molecule has 0 aromatic heterocycles. The molecule has 1 radical (unpaired) electrons. The smallest absolute Gasteiger partial charge is 0.507 e. The first kappa shape index (κ1) is 96.0. The van der Waals surface area contributed by atoms with Gasteiger partial charge in [-0.2, -0.15) is 98.5 Å². The van der Waals surface area contributed by atoms with Crippen LogP contribution in [0.4, 0.5) is 0 Å². The zero-order valence-corrected chi connectivity index (χ0v) is 75.2. The molecule has 8 aromatic carbocycles. The maximum atomic E-state index is 11.4. The van der Waals surface area contributed by atoms with Gasteiger partial charge in [-0.25, -0.2) is 0 Å². The Balaban J connectivity index is 0.000000740. The number of phenols is 4. The molecule has 8 rings (SSSR count). The zero-order valence-electron chi connectivity index (χ0n) is 69.2. The number of benzene rings is 8. The summed E-state index contributed by atoms with van der Waals surface area (Å²) in [5, 5.41) is 45.6. The summed E-state index contributed by atoms with van der Waals surface area (Å²) in [6.45, 7) is 71.9. The summed E-state index contributed by atoms with van der Waals surface area (Å²) in [5.41, 5.74) is 15.8. The van der Waals surface area contributed by atoms with Gasteiger partial charge in [0.25, 0.3) is 0 Å². The van der Waals surface area contributed by atoms with Crippen molar-refractivity contribution in [3.8, 4) is 23.0 Å². The first-order valence-electron chi connectivity index (χ1n) is 36.3. The van der Waals surface area contributed by atoms with Crippen LogP contribution in [-0.4, -0.2) is 70.7 Å².